The van der Waals surface area contributed by atoms with Crippen molar-refractivity contribution in [3.05, 3.63) is 30.6 Å². The largest absolute Gasteiger partial charge is 0.398 e. The molecule has 0 spiro atoms. The fraction of sp³-hybridized carbons (Fsp3) is 0.357. The molecule has 1 saturated heterocycles. The molecule has 5 heteroatoms. The maximum Gasteiger partial charge on any atom is 0.0981 e. The molecule has 3 rings (SSSR count). The Kier molecular flexibility index (Phi) is 3.48. The summed E-state index contributed by atoms with van der Waals surface area (Å²) in [5.74, 6) is 0. The topological polar surface area (TPSA) is 69.4 Å². The Morgan fingerprint density at radius 3 is 3.05 bits per heavy atom. The van der Waals surface area contributed by atoms with Gasteiger partial charge in [0, 0.05) is 41.1 Å². The summed E-state index contributed by atoms with van der Waals surface area (Å²) in [7, 11) is 0. The third-order valence-corrected chi connectivity index (χ3v) is 3.26. The van der Waals surface area contributed by atoms with Gasteiger partial charge < -0.3 is 20.5 Å². The summed E-state index contributed by atoms with van der Waals surface area (Å²) in [6, 6.07) is 5.81. The van der Waals surface area contributed by atoms with E-state index in [4.69, 9.17) is 15.2 Å². The van der Waals surface area contributed by atoms with Gasteiger partial charge in [-0.25, -0.2) is 0 Å². The number of aromatic nitrogens is 1. The van der Waals surface area contributed by atoms with Crippen LogP contribution >= 0.6 is 0 Å². The summed E-state index contributed by atoms with van der Waals surface area (Å²) in [6.45, 7) is 2.70. The summed E-state index contributed by atoms with van der Waals surface area (Å²) in [5.41, 5.74) is 7.75. The number of hydrogen-bond acceptors (Lipinski definition) is 5. The number of ether oxygens (including phenoxy) is 2. The number of nitrogens with zero attached hydrogens (tertiary/aromatic N) is 1. The van der Waals surface area contributed by atoms with Crippen molar-refractivity contribution < 1.29 is 9.47 Å². The molecule has 0 radical (unpaired) electrons. The van der Waals surface area contributed by atoms with Gasteiger partial charge in [0.1, 0.15) is 0 Å². The van der Waals surface area contributed by atoms with Crippen LogP contribution in [0.2, 0.25) is 0 Å². The summed E-state index contributed by atoms with van der Waals surface area (Å²) in [5, 5.41) is 5.43. The lowest BCUT2D eigenvalue weighted by molar-refractivity contribution is -0.0818. The van der Waals surface area contributed by atoms with Crippen molar-refractivity contribution in [3.8, 4) is 0 Å². The summed E-state index contributed by atoms with van der Waals surface area (Å²) in [6.07, 6.45) is 3.67. The third kappa shape index (κ3) is 2.62. The molecule has 1 aliphatic heterocycles. The van der Waals surface area contributed by atoms with E-state index in [1.807, 2.05) is 24.4 Å². The Morgan fingerprint density at radius 2 is 2.21 bits per heavy atom. The molecule has 0 aliphatic carbocycles. The first-order valence-corrected chi connectivity index (χ1v) is 6.40. The number of fused-ring (bicyclic) bond motifs is 1. The molecule has 1 fully saturated rings. The van der Waals surface area contributed by atoms with Crippen molar-refractivity contribution in [2.45, 2.75) is 6.10 Å². The normalized spacial score (nSPS) is 19.5. The number of nitrogens with one attached hydrogen (secondary N) is 1. The first-order chi connectivity index (χ1) is 9.34. The summed E-state index contributed by atoms with van der Waals surface area (Å²) in [4.78, 5) is 4.16. The Bertz CT molecular complexity index is 568. The van der Waals surface area contributed by atoms with Gasteiger partial charge in [0.05, 0.1) is 25.9 Å². The van der Waals surface area contributed by atoms with Crippen LogP contribution < -0.4 is 11.1 Å². The van der Waals surface area contributed by atoms with Gasteiger partial charge in [-0.1, -0.05) is 0 Å². The van der Waals surface area contributed by atoms with Gasteiger partial charge >= 0.3 is 0 Å². The quantitative estimate of drug-likeness (QED) is 0.820. The van der Waals surface area contributed by atoms with Crippen LogP contribution in [0.3, 0.4) is 0 Å². The molecule has 19 heavy (non-hydrogen) atoms. The van der Waals surface area contributed by atoms with Crippen LogP contribution in [-0.4, -0.2) is 37.5 Å². The highest BCUT2D eigenvalue weighted by Gasteiger charge is 2.14. The monoisotopic (exact) mass is 259 g/mol. The highest BCUT2D eigenvalue weighted by molar-refractivity contribution is 6.00. The number of anilines is 2. The molecule has 1 aliphatic rings. The van der Waals surface area contributed by atoms with E-state index in [2.05, 4.69) is 10.3 Å². The third-order valence-electron chi connectivity index (χ3n) is 3.26. The lowest BCUT2D eigenvalue weighted by atomic mass is 10.1. The van der Waals surface area contributed by atoms with E-state index < -0.39 is 0 Å². The van der Waals surface area contributed by atoms with E-state index in [9.17, 15) is 0 Å². The Labute approximate surface area is 111 Å². The molecule has 1 atom stereocenters. The minimum atomic E-state index is 0.0954. The molecule has 1 unspecified atom stereocenters. The van der Waals surface area contributed by atoms with Crippen LogP contribution in [0.4, 0.5) is 11.4 Å². The van der Waals surface area contributed by atoms with E-state index >= 15 is 0 Å². The van der Waals surface area contributed by atoms with Gasteiger partial charge in [-0.3, -0.25) is 4.98 Å². The maximum absolute atomic E-state index is 5.96. The first-order valence-electron chi connectivity index (χ1n) is 6.40. The van der Waals surface area contributed by atoms with Crippen LogP contribution in [0.1, 0.15) is 0 Å². The van der Waals surface area contributed by atoms with Crippen LogP contribution in [0, 0.1) is 0 Å². The van der Waals surface area contributed by atoms with Crippen LogP contribution in [0.5, 0.6) is 0 Å². The number of rotatable bonds is 3. The second-order valence-corrected chi connectivity index (χ2v) is 4.57. The van der Waals surface area contributed by atoms with Crippen molar-refractivity contribution >= 4 is 22.1 Å². The van der Waals surface area contributed by atoms with Crippen molar-refractivity contribution in [2.75, 3.05) is 37.4 Å². The van der Waals surface area contributed by atoms with E-state index in [0.29, 0.717) is 26.4 Å². The molecule has 1 aromatic carbocycles. The molecule has 100 valence electrons. The predicted molar refractivity (Wildman–Crippen MR) is 75.2 cm³/mol. The highest BCUT2D eigenvalue weighted by Crippen LogP contribution is 2.27. The standard InChI is InChI=1S/C14H17N3O2/c15-13-1-2-14(12-8-16-4-3-11(12)13)17-7-10-9-18-5-6-19-10/h1-4,8,10,17H,5-7,9,15H2. The lowest BCUT2D eigenvalue weighted by Crippen LogP contribution is -2.34. The molecule has 0 saturated carbocycles. The molecule has 1 aromatic heterocycles. The lowest BCUT2D eigenvalue weighted by Gasteiger charge is -2.23. The van der Waals surface area contributed by atoms with E-state index in [1.165, 1.54) is 0 Å². The number of pyridine rings is 1. The second kappa shape index (κ2) is 5.42. The van der Waals surface area contributed by atoms with E-state index in [-0.39, 0.29) is 6.10 Å². The van der Waals surface area contributed by atoms with Gasteiger partial charge in [0.15, 0.2) is 0 Å². The minimum absolute atomic E-state index is 0.0954. The van der Waals surface area contributed by atoms with Gasteiger partial charge in [-0.2, -0.15) is 0 Å². The second-order valence-electron chi connectivity index (χ2n) is 4.57. The fourth-order valence-electron chi connectivity index (χ4n) is 2.25. The molecule has 2 aromatic rings. The maximum atomic E-state index is 5.96. The zero-order chi connectivity index (χ0) is 13.1. The molecule has 0 amide bonds. The fourth-order valence-corrected chi connectivity index (χ4v) is 2.25. The molecule has 5 nitrogen and oxygen atoms in total. The minimum Gasteiger partial charge on any atom is -0.398 e. The average molecular weight is 259 g/mol. The van der Waals surface area contributed by atoms with Crippen LogP contribution in [0.15, 0.2) is 30.6 Å². The van der Waals surface area contributed by atoms with Gasteiger partial charge in [-0.15, -0.1) is 0 Å². The summed E-state index contributed by atoms with van der Waals surface area (Å²) >= 11 is 0. The molecular formula is C14H17N3O2. The Morgan fingerprint density at radius 1 is 1.26 bits per heavy atom. The molecule has 2 heterocycles. The SMILES string of the molecule is Nc1ccc(NCC2COCCO2)c2cnccc12. The van der Waals surface area contributed by atoms with Gasteiger partial charge in [0.2, 0.25) is 0 Å². The zero-order valence-corrected chi connectivity index (χ0v) is 10.6. The molecule has 0 bridgehead atoms. The highest BCUT2D eigenvalue weighted by atomic mass is 16.6. The van der Waals surface area contributed by atoms with Crippen LogP contribution in [0.25, 0.3) is 10.8 Å². The Balaban J connectivity index is 1.79. The first kappa shape index (κ1) is 12.2. The molecular weight excluding hydrogens is 242 g/mol. The summed E-state index contributed by atoms with van der Waals surface area (Å²) < 4.78 is 11.0. The zero-order valence-electron chi connectivity index (χ0n) is 10.6. The Hall–Kier alpha value is -1.85. The van der Waals surface area contributed by atoms with Gasteiger partial charge in [-0.05, 0) is 18.2 Å². The average Bonchev–Trinajstić information content (AvgIpc) is 2.48. The van der Waals surface area contributed by atoms with E-state index in [1.54, 1.807) is 6.20 Å². The van der Waals surface area contributed by atoms with Crippen LogP contribution in [-0.2, 0) is 9.47 Å². The van der Waals surface area contributed by atoms with Crippen molar-refractivity contribution in [3.63, 3.8) is 0 Å². The van der Waals surface area contributed by atoms with Crippen molar-refractivity contribution in [2.24, 2.45) is 0 Å². The number of nitrogens with two attached hydrogens (primary N) is 1. The molecule has 3 N–H and O–H groups in total. The number of hydrogen-bond donors (Lipinski definition) is 2. The van der Waals surface area contributed by atoms with E-state index in [0.717, 1.165) is 22.1 Å². The number of nitrogen functional groups attached to an aromatic ring is 1. The predicted octanol–water partition coefficient (Wildman–Crippen LogP) is 1.64. The smallest absolute Gasteiger partial charge is 0.0981 e. The van der Waals surface area contributed by atoms with Gasteiger partial charge in [0.25, 0.3) is 0 Å². The number of benzene rings is 1. The van der Waals surface area contributed by atoms with Crippen molar-refractivity contribution in [1.82, 2.24) is 4.98 Å². The van der Waals surface area contributed by atoms with Crippen molar-refractivity contribution in [1.29, 1.82) is 0 Å².